The van der Waals surface area contributed by atoms with E-state index in [4.69, 9.17) is 0 Å². The van der Waals surface area contributed by atoms with E-state index < -0.39 is 0 Å². The van der Waals surface area contributed by atoms with Crippen LogP contribution < -0.4 is 0 Å². The van der Waals surface area contributed by atoms with Gasteiger partial charge in [0, 0.05) is 72.7 Å². The molecule has 0 rings (SSSR count). The van der Waals surface area contributed by atoms with Crippen LogP contribution in [0.5, 0.6) is 0 Å². The second-order valence-electron chi connectivity index (χ2n) is 0. The maximum Gasteiger partial charge on any atom is 0 e. The zero-order valence-corrected chi connectivity index (χ0v) is 6.07. The Kier molecular flexibility index (Phi) is 158. The predicted molar refractivity (Wildman–Crippen MR) is 0 cm³/mol. The van der Waals surface area contributed by atoms with Gasteiger partial charge in [-0.25, -0.2) is 0 Å². The second kappa shape index (κ2) is 18.7. The fourth-order valence-electron chi connectivity index (χ4n) is 0. The van der Waals surface area contributed by atoms with Gasteiger partial charge in [-0.05, 0) is 0 Å². The summed E-state index contributed by atoms with van der Waals surface area (Å²) < 4.78 is 0. The summed E-state index contributed by atoms with van der Waals surface area (Å²) in [6.45, 7) is 0. The van der Waals surface area contributed by atoms with Crippen molar-refractivity contribution in [1.82, 2.24) is 0 Å². The molecule has 0 bridgehead atoms. The minimum Gasteiger partial charge on any atom is 0 e. The minimum atomic E-state index is 0. The predicted octanol–water partition coefficient (Wildman–Crippen LogP) is -0.0100. The zero-order valence-electron chi connectivity index (χ0n) is 1.34. The molecule has 0 aliphatic heterocycles. The summed E-state index contributed by atoms with van der Waals surface area (Å²) in [5, 5.41) is 0. The number of hydrogen-bond acceptors (Lipinski definition) is 0. The van der Waals surface area contributed by atoms with E-state index in [2.05, 4.69) is 0 Å². The van der Waals surface area contributed by atoms with E-state index >= 15 is 0 Å². The molecule has 0 atom stereocenters. The molecule has 37 valence electrons. The Balaban J connectivity index is 0. The average molecular weight is 277 g/mol. The van der Waals surface area contributed by atoms with Gasteiger partial charge in [0.1, 0.15) is 0 Å². The number of rotatable bonds is 0. The van der Waals surface area contributed by atoms with E-state index in [0.717, 1.165) is 0 Å². The molecule has 0 fully saturated rings. The van der Waals surface area contributed by atoms with Gasteiger partial charge in [0.05, 0.1) is 0 Å². The Morgan fingerprint density at radius 2 is 0.750 bits per heavy atom. The van der Waals surface area contributed by atoms with Crippen LogP contribution in [0.3, 0.4) is 0 Å². The molecule has 0 saturated carbocycles. The van der Waals surface area contributed by atoms with Crippen LogP contribution in [0.15, 0.2) is 0 Å². The van der Waals surface area contributed by atoms with E-state index in [-0.39, 0.29) is 72.7 Å². The Morgan fingerprint density at radius 1 is 0.750 bits per heavy atom. The van der Waals surface area contributed by atoms with Crippen molar-refractivity contribution in [2.24, 2.45) is 0 Å². The van der Waals surface area contributed by atoms with Crippen LogP contribution in [0.25, 0.3) is 0 Å². The van der Waals surface area contributed by atoms with Crippen LogP contribution in [-0.2, 0) is 72.7 Å². The van der Waals surface area contributed by atoms with Crippen molar-refractivity contribution >= 4 is 0 Å². The molecule has 0 nitrogen and oxygen atoms in total. The Morgan fingerprint density at radius 3 is 0.750 bits per heavy atom. The molecule has 0 spiro atoms. The first-order chi connectivity index (χ1) is 0. The summed E-state index contributed by atoms with van der Waals surface area (Å²) in [5.74, 6) is 0. The number of hydrogen-bond donors (Lipinski definition) is 0. The Labute approximate surface area is 72.0 Å². The van der Waals surface area contributed by atoms with Crippen molar-refractivity contribution in [3.8, 4) is 0 Å². The van der Waals surface area contributed by atoms with Gasteiger partial charge in [-0.2, -0.15) is 0 Å². The Bertz CT molecular complexity index is 6.00. The maximum atomic E-state index is 0. The third-order valence-corrected chi connectivity index (χ3v) is 0. The molecule has 4 heavy (non-hydrogen) atoms. The first-order valence-corrected chi connectivity index (χ1v) is 0. The topological polar surface area (TPSA) is 0 Å². The molecule has 0 aliphatic rings. The summed E-state index contributed by atoms with van der Waals surface area (Å²) in [6.07, 6.45) is 0. The quantitative estimate of drug-likeness (QED) is 0.546. The largest absolute Gasteiger partial charge is 0 e. The normalized spacial score (nSPS) is 0. The summed E-state index contributed by atoms with van der Waals surface area (Å²) >= 11 is 0. The van der Waals surface area contributed by atoms with E-state index in [1.807, 2.05) is 0 Å². The fourth-order valence-corrected chi connectivity index (χ4v) is 0. The van der Waals surface area contributed by atoms with Crippen molar-refractivity contribution in [2.45, 2.75) is 0 Å². The summed E-state index contributed by atoms with van der Waals surface area (Å²) in [6, 6.07) is 0. The van der Waals surface area contributed by atoms with Gasteiger partial charge in [0.25, 0.3) is 0 Å². The second-order valence-corrected chi connectivity index (χ2v) is 0. The SMILES string of the molecule is [Ag].[Cr].[Ni].[Ni]. The molecule has 0 heterocycles. The molecule has 0 amide bonds. The van der Waals surface area contributed by atoms with Gasteiger partial charge < -0.3 is 0 Å². The Hall–Kier alpha value is 2.26. The fraction of sp³-hybridized carbons (Fsp3) is 0. The van der Waals surface area contributed by atoms with Gasteiger partial charge in [0.15, 0.2) is 0 Å². The molecule has 1 radical (unpaired) electrons. The summed E-state index contributed by atoms with van der Waals surface area (Å²) in [4.78, 5) is 0. The van der Waals surface area contributed by atoms with Crippen LogP contribution in [0.2, 0.25) is 0 Å². The maximum absolute atomic E-state index is 0. The van der Waals surface area contributed by atoms with Crippen molar-refractivity contribution in [2.75, 3.05) is 0 Å². The summed E-state index contributed by atoms with van der Waals surface area (Å²) in [5.41, 5.74) is 0. The van der Waals surface area contributed by atoms with Gasteiger partial charge in [-0.1, -0.05) is 0 Å². The smallest absolute Gasteiger partial charge is 0 e. The monoisotopic (exact) mass is 275 g/mol. The van der Waals surface area contributed by atoms with Gasteiger partial charge in [-0.15, -0.1) is 0 Å². The van der Waals surface area contributed by atoms with E-state index in [0.29, 0.717) is 0 Å². The molecule has 0 N–H and O–H groups in total. The van der Waals surface area contributed by atoms with E-state index in [1.54, 1.807) is 0 Å². The molecule has 0 aromatic carbocycles. The zero-order chi connectivity index (χ0) is 0. The van der Waals surface area contributed by atoms with Crippen molar-refractivity contribution in [3.05, 3.63) is 0 Å². The van der Waals surface area contributed by atoms with Crippen molar-refractivity contribution in [3.63, 3.8) is 0 Å². The molecular formula is AgCrNi2. The van der Waals surface area contributed by atoms with Gasteiger partial charge in [0.2, 0.25) is 0 Å². The standard InChI is InChI=1S/Ag.Cr.2Ni. The van der Waals surface area contributed by atoms with Crippen LogP contribution in [0.1, 0.15) is 0 Å². The molecular weight excluding hydrogens is 277 g/mol. The third kappa shape index (κ3) is 8.86. The molecule has 4 heteroatoms. The minimum absolute atomic E-state index is 0. The van der Waals surface area contributed by atoms with Crippen LogP contribution in [-0.4, -0.2) is 0 Å². The molecule has 0 aromatic heterocycles. The average Bonchev–Trinajstić information content (AvgIpc) is 0. The first-order valence-electron chi connectivity index (χ1n) is 0. The van der Waals surface area contributed by atoms with E-state index in [9.17, 15) is 0 Å². The van der Waals surface area contributed by atoms with Crippen LogP contribution in [0, 0.1) is 0 Å². The van der Waals surface area contributed by atoms with Crippen molar-refractivity contribution in [1.29, 1.82) is 0 Å². The summed E-state index contributed by atoms with van der Waals surface area (Å²) in [7, 11) is 0. The van der Waals surface area contributed by atoms with Crippen molar-refractivity contribution < 1.29 is 72.7 Å². The molecule has 0 unspecified atom stereocenters. The van der Waals surface area contributed by atoms with Gasteiger partial charge >= 0.3 is 0 Å². The van der Waals surface area contributed by atoms with Crippen LogP contribution in [0.4, 0.5) is 0 Å². The molecule has 0 aliphatic carbocycles. The first kappa shape index (κ1) is 33.9. The van der Waals surface area contributed by atoms with Crippen LogP contribution >= 0.6 is 0 Å². The third-order valence-electron chi connectivity index (χ3n) is 0. The van der Waals surface area contributed by atoms with Gasteiger partial charge in [-0.3, -0.25) is 0 Å². The molecule has 0 aromatic rings. The van der Waals surface area contributed by atoms with E-state index in [1.165, 1.54) is 0 Å². The molecule has 0 saturated heterocycles.